The van der Waals surface area contributed by atoms with Gasteiger partial charge in [0.25, 0.3) is 0 Å². The summed E-state index contributed by atoms with van der Waals surface area (Å²) in [4.78, 5) is 12.2. The number of rotatable bonds is 4. The van der Waals surface area contributed by atoms with Crippen LogP contribution >= 0.6 is 11.8 Å². The number of nitrogens with one attached hydrogen (secondary N) is 1. The summed E-state index contributed by atoms with van der Waals surface area (Å²) in [5.41, 5.74) is -0.612. The lowest BCUT2D eigenvalue weighted by molar-refractivity contribution is -0.286. The molecule has 0 atom stereocenters. The van der Waals surface area contributed by atoms with Gasteiger partial charge in [0.15, 0.2) is 11.5 Å². The van der Waals surface area contributed by atoms with Crippen molar-refractivity contribution in [2.24, 2.45) is 0 Å². The molecule has 0 aliphatic carbocycles. The van der Waals surface area contributed by atoms with Gasteiger partial charge in [-0.1, -0.05) is 6.07 Å². The van der Waals surface area contributed by atoms with Crippen LogP contribution in [0.2, 0.25) is 0 Å². The molecule has 1 aliphatic rings. The van der Waals surface area contributed by atoms with Crippen molar-refractivity contribution < 1.29 is 36.2 Å². The molecule has 0 saturated carbocycles. The Labute approximate surface area is 148 Å². The van der Waals surface area contributed by atoms with Crippen molar-refractivity contribution in [1.82, 2.24) is 0 Å². The lowest BCUT2D eigenvalue weighted by Gasteiger charge is -2.09. The van der Waals surface area contributed by atoms with E-state index in [4.69, 9.17) is 0 Å². The lowest BCUT2D eigenvalue weighted by atomic mass is 10.2. The van der Waals surface area contributed by atoms with Gasteiger partial charge in [-0.2, -0.15) is 13.2 Å². The second kappa shape index (κ2) is 6.67. The third-order valence-electron chi connectivity index (χ3n) is 3.22. The summed E-state index contributed by atoms with van der Waals surface area (Å²) in [7, 11) is 0. The van der Waals surface area contributed by atoms with Crippen LogP contribution in [-0.2, 0) is 11.0 Å². The molecule has 1 amide bonds. The van der Waals surface area contributed by atoms with Gasteiger partial charge in [0.1, 0.15) is 0 Å². The molecule has 0 radical (unpaired) electrons. The standard InChI is InChI=1S/C16H10F5NO3S/c17-15(18,19)9-2-1-3-11(6-9)26-8-14(23)22-10-4-5-12-13(7-10)25-16(20,21)24-12/h1-7H,8H2,(H,22,23). The Bertz CT molecular complexity index is 841. The topological polar surface area (TPSA) is 47.6 Å². The van der Waals surface area contributed by atoms with Gasteiger partial charge in [0.2, 0.25) is 5.91 Å². The number of amides is 1. The summed E-state index contributed by atoms with van der Waals surface area (Å²) in [6.07, 6.45) is -8.22. The van der Waals surface area contributed by atoms with E-state index in [1.165, 1.54) is 30.3 Å². The van der Waals surface area contributed by atoms with Crippen molar-refractivity contribution in [3.8, 4) is 11.5 Å². The number of carbonyl (C=O) groups excluding carboxylic acids is 1. The van der Waals surface area contributed by atoms with Crippen molar-refractivity contribution in [3.63, 3.8) is 0 Å². The first kappa shape index (κ1) is 18.3. The van der Waals surface area contributed by atoms with Crippen LogP contribution in [0.25, 0.3) is 0 Å². The minimum Gasteiger partial charge on any atom is -0.395 e. The van der Waals surface area contributed by atoms with Gasteiger partial charge in [-0.3, -0.25) is 4.79 Å². The molecule has 10 heteroatoms. The molecule has 1 N–H and O–H groups in total. The Balaban J connectivity index is 1.59. The molecule has 0 unspecified atom stereocenters. The average Bonchev–Trinajstić information content (AvgIpc) is 2.85. The molecule has 26 heavy (non-hydrogen) atoms. The van der Waals surface area contributed by atoms with Crippen molar-refractivity contribution >= 4 is 23.4 Å². The summed E-state index contributed by atoms with van der Waals surface area (Å²) in [5.74, 6) is -1.06. The highest BCUT2D eigenvalue weighted by Gasteiger charge is 2.43. The first-order chi connectivity index (χ1) is 12.1. The van der Waals surface area contributed by atoms with Crippen LogP contribution < -0.4 is 14.8 Å². The fourth-order valence-corrected chi connectivity index (χ4v) is 2.89. The fraction of sp³-hybridized carbons (Fsp3) is 0.188. The number of alkyl halides is 5. The molecule has 1 aliphatic heterocycles. The minimum atomic E-state index is -4.46. The van der Waals surface area contributed by atoms with Crippen LogP contribution in [0.5, 0.6) is 11.5 Å². The van der Waals surface area contributed by atoms with Crippen LogP contribution in [0.1, 0.15) is 5.56 Å². The Morgan fingerprint density at radius 3 is 2.54 bits per heavy atom. The van der Waals surface area contributed by atoms with Crippen molar-refractivity contribution in [1.29, 1.82) is 0 Å². The first-order valence-corrected chi connectivity index (χ1v) is 8.11. The van der Waals surface area contributed by atoms with Gasteiger partial charge in [-0.05, 0) is 30.3 Å². The van der Waals surface area contributed by atoms with Crippen LogP contribution in [0.4, 0.5) is 27.6 Å². The molecule has 2 aromatic carbocycles. The third kappa shape index (κ3) is 4.37. The lowest BCUT2D eigenvalue weighted by Crippen LogP contribution is -2.25. The van der Waals surface area contributed by atoms with E-state index in [0.717, 1.165) is 23.9 Å². The number of benzene rings is 2. The predicted octanol–water partition coefficient (Wildman–Crippen LogP) is 4.76. The summed E-state index contributed by atoms with van der Waals surface area (Å²) < 4.78 is 72.4. The second-order valence-corrected chi connectivity index (χ2v) is 6.24. The van der Waals surface area contributed by atoms with E-state index in [1.54, 1.807) is 0 Å². The number of carbonyl (C=O) groups is 1. The molecule has 0 aromatic heterocycles. The van der Waals surface area contributed by atoms with Gasteiger partial charge >= 0.3 is 12.5 Å². The molecule has 0 bridgehead atoms. The van der Waals surface area contributed by atoms with Crippen molar-refractivity contribution in [3.05, 3.63) is 48.0 Å². The highest BCUT2D eigenvalue weighted by atomic mass is 32.2. The average molecular weight is 391 g/mol. The summed E-state index contributed by atoms with van der Waals surface area (Å²) >= 11 is 0.915. The van der Waals surface area contributed by atoms with E-state index in [-0.39, 0.29) is 27.8 Å². The molecule has 3 rings (SSSR count). The van der Waals surface area contributed by atoms with Gasteiger partial charge in [-0.15, -0.1) is 20.5 Å². The van der Waals surface area contributed by atoms with E-state index < -0.39 is 23.9 Å². The first-order valence-electron chi connectivity index (χ1n) is 7.12. The van der Waals surface area contributed by atoms with Gasteiger partial charge < -0.3 is 14.8 Å². The largest absolute Gasteiger partial charge is 0.586 e. The number of thioether (sulfide) groups is 1. The zero-order valence-corrected chi connectivity index (χ0v) is 13.6. The maximum atomic E-state index is 12.9. The molecular formula is C16H10F5NO3S. The molecular weight excluding hydrogens is 381 g/mol. The number of ether oxygens (including phenoxy) is 2. The summed E-state index contributed by atoms with van der Waals surface area (Å²) in [6, 6.07) is 8.31. The van der Waals surface area contributed by atoms with Crippen molar-refractivity contribution in [2.75, 3.05) is 11.1 Å². The normalized spacial score (nSPS) is 15.0. The zero-order valence-electron chi connectivity index (χ0n) is 12.8. The quantitative estimate of drug-likeness (QED) is 0.603. The predicted molar refractivity (Wildman–Crippen MR) is 83.4 cm³/mol. The van der Waals surface area contributed by atoms with Crippen LogP contribution in [-0.4, -0.2) is 18.0 Å². The van der Waals surface area contributed by atoms with Crippen LogP contribution in [0.15, 0.2) is 47.4 Å². The Hall–Kier alpha value is -2.49. The summed E-state index contributed by atoms with van der Waals surface area (Å²) in [5, 5.41) is 2.45. The number of anilines is 1. The number of hydrogen-bond donors (Lipinski definition) is 1. The molecule has 2 aromatic rings. The second-order valence-electron chi connectivity index (χ2n) is 5.19. The van der Waals surface area contributed by atoms with E-state index in [2.05, 4.69) is 14.8 Å². The monoisotopic (exact) mass is 391 g/mol. The molecule has 138 valence electrons. The van der Waals surface area contributed by atoms with E-state index >= 15 is 0 Å². The maximum absolute atomic E-state index is 12.9. The highest BCUT2D eigenvalue weighted by molar-refractivity contribution is 8.00. The fourth-order valence-electron chi connectivity index (χ4n) is 2.13. The highest BCUT2D eigenvalue weighted by Crippen LogP contribution is 2.42. The van der Waals surface area contributed by atoms with Gasteiger partial charge in [0, 0.05) is 16.6 Å². The number of fused-ring (bicyclic) bond motifs is 1. The summed E-state index contributed by atoms with van der Waals surface area (Å²) in [6.45, 7) is 0. The third-order valence-corrected chi connectivity index (χ3v) is 4.21. The smallest absolute Gasteiger partial charge is 0.395 e. The van der Waals surface area contributed by atoms with Crippen LogP contribution in [0.3, 0.4) is 0 Å². The molecule has 0 saturated heterocycles. The Kier molecular flexibility index (Phi) is 4.70. The maximum Gasteiger partial charge on any atom is 0.586 e. The van der Waals surface area contributed by atoms with Gasteiger partial charge in [0.05, 0.1) is 11.3 Å². The Morgan fingerprint density at radius 2 is 1.81 bits per heavy atom. The van der Waals surface area contributed by atoms with Crippen molar-refractivity contribution in [2.45, 2.75) is 17.4 Å². The Morgan fingerprint density at radius 1 is 1.08 bits per heavy atom. The molecule has 1 heterocycles. The zero-order chi connectivity index (χ0) is 18.9. The van der Waals surface area contributed by atoms with E-state index in [9.17, 15) is 26.7 Å². The minimum absolute atomic E-state index is 0.161. The molecule has 0 fully saturated rings. The van der Waals surface area contributed by atoms with E-state index in [1.807, 2.05) is 0 Å². The SMILES string of the molecule is O=C(CSc1cccc(C(F)(F)F)c1)Nc1ccc2c(c1)OC(F)(F)O2. The number of halogens is 5. The molecule has 4 nitrogen and oxygen atoms in total. The molecule has 0 spiro atoms. The van der Waals surface area contributed by atoms with Gasteiger partial charge in [-0.25, -0.2) is 0 Å². The number of hydrogen-bond acceptors (Lipinski definition) is 4. The van der Waals surface area contributed by atoms with Crippen LogP contribution in [0, 0.1) is 0 Å². The van der Waals surface area contributed by atoms with E-state index in [0.29, 0.717) is 0 Å².